The molecule has 2 aliphatic carbocycles. The lowest BCUT2D eigenvalue weighted by molar-refractivity contribution is -0.119. The minimum absolute atomic E-state index is 0.0191. The summed E-state index contributed by atoms with van der Waals surface area (Å²) in [6.07, 6.45) is 6.51. The van der Waals surface area contributed by atoms with Crippen molar-refractivity contribution in [2.24, 2.45) is 5.92 Å². The molecule has 2 amide bonds. The number of carbonyl (C=O) groups excluding carboxylic acids is 2. The Kier molecular flexibility index (Phi) is 4.92. The number of thioether (sulfide) groups is 1. The molecule has 6 nitrogen and oxygen atoms in total. The van der Waals surface area contributed by atoms with E-state index in [4.69, 9.17) is 0 Å². The molecule has 0 saturated heterocycles. The molecule has 0 aliphatic heterocycles. The van der Waals surface area contributed by atoms with Gasteiger partial charge in [-0.3, -0.25) is 9.59 Å². The Morgan fingerprint density at radius 1 is 1.14 bits per heavy atom. The number of nitrogens with one attached hydrogen (secondary N) is 2. The molecule has 7 heteroatoms. The Bertz CT molecular complexity index is 539. The lowest BCUT2D eigenvalue weighted by Crippen LogP contribution is -2.33. The van der Waals surface area contributed by atoms with Gasteiger partial charge in [-0.15, -0.1) is 10.2 Å². The van der Waals surface area contributed by atoms with Crippen LogP contribution in [0.1, 0.15) is 38.5 Å². The van der Waals surface area contributed by atoms with E-state index < -0.39 is 0 Å². The highest BCUT2D eigenvalue weighted by atomic mass is 32.2. The molecule has 0 bridgehead atoms. The minimum Gasteiger partial charge on any atom is -0.353 e. The average Bonchev–Trinajstić information content (AvgIpc) is 3.26. The summed E-state index contributed by atoms with van der Waals surface area (Å²) in [6, 6.07) is 3.85. The van der Waals surface area contributed by atoms with Gasteiger partial charge in [-0.2, -0.15) is 0 Å². The molecule has 22 heavy (non-hydrogen) atoms. The van der Waals surface area contributed by atoms with Crippen LogP contribution >= 0.6 is 11.8 Å². The van der Waals surface area contributed by atoms with E-state index in [2.05, 4.69) is 20.8 Å². The lowest BCUT2D eigenvalue weighted by atomic mass is 10.2. The fourth-order valence-electron chi connectivity index (χ4n) is 2.52. The van der Waals surface area contributed by atoms with Crippen LogP contribution in [0, 0.1) is 5.92 Å². The summed E-state index contributed by atoms with van der Waals surface area (Å²) in [4.78, 5) is 23.4. The molecule has 0 atom stereocenters. The Morgan fingerprint density at radius 2 is 1.91 bits per heavy atom. The van der Waals surface area contributed by atoms with Gasteiger partial charge in [-0.25, -0.2) is 0 Å². The van der Waals surface area contributed by atoms with Crippen molar-refractivity contribution in [1.82, 2.24) is 15.5 Å². The minimum atomic E-state index is 0.0191. The van der Waals surface area contributed by atoms with E-state index in [-0.39, 0.29) is 17.7 Å². The van der Waals surface area contributed by atoms with Gasteiger partial charge in [0.2, 0.25) is 11.8 Å². The molecule has 2 aliphatic rings. The number of rotatable bonds is 6. The van der Waals surface area contributed by atoms with Crippen LogP contribution in [-0.4, -0.2) is 33.8 Å². The number of hydrogen-bond acceptors (Lipinski definition) is 5. The third kappa shape index (κ3) is 4.43. The summed E-state index contributed by atoms with van der Waals surface area (Å²) in [5, 5.41) is 14.5. The second-order valence-electron chi connectivity index (χ2n) is 5.86. The van der Waals surface area contributed by atoms with Crippen LogP contribution in [0.25, 0.3) is 0 Å². The molecule has 2 saturated carbocycles. The summed E-state index contributed by atoms with van der Waals surface area (Å²) < 4.78 is 0. The van der Waals surface area contributed by atoms with Gasteiger partial charge in [0.1, 0.15) is 5.03 Å². The van der Waals surface area contributed by atoms with Crippen molar-refractivity contribution in [3.63, 3.8) is 0 Å². The predicted molar refractivity (Wildman–Crippen MR) is 84.5 cm³/mol. The summed E-state index contributed by atoms with van der Waals surface area (Å²) in [5.41, 5.74) is 0. The normalized spacial score (nSPS) is 18.2. The molecule has 0 radical (unpaired) electrons. The van der Waals surface area contributed by atoms with Crippen molar-refractivity contribution >= 4 is 29.4 Å². The van der Waals surface area contributed by atoms with Gasteiger partial charge in [0.15, 0.2) is 5.82 Å². The molecular formula is C15H20N4O2S. The predicted octanol–water partition coefficient (Wildman–Crippen LogP) is 1.98. The summed E-state index contributed by atoms with van der Waals surface area (Å²) in [6.45, 7) is 0. The first-order valence-electron chi connectivity index (χ1n) is 7.77. The van der Waals surface area contributed by atoms with E-state index in [1.165, 1.54) is 24.6 Å². The van der Waals surface area contributed by atoms with E-state index in [1.807, 2.05) is 0 Å². The molecule has 1 aromatic heterocycles. The van der Waals surface area contributed by atoms with Gasteiger partial charge < -0.3 is 10.6 Å². The monoisotopic (exact) mass is 320 g/mol. The SMILES string of the molecule is O=C(CSc1ccc(NC(=O)C2CC2)nn1)NC1CCCC1. The van der Waals surface area contributed by atoms with E-state index in [9.17, 15) is 9.59 Å². The highest BCUT2D eigenvalue weighted by Gasteiger charge is 2.29. The van der Waals surface area contributed by atoms with Crippen LogP contribution < -0.4 is 10.6 Å². The molecule has 118 valence electrons. The summed E-state index contributed by atoms with van der Waals surface area (Å²) in [5.74, 6) is 1.03. The van der Waals surface area contributed by atoms with Crippen molar-refractivity contribution in [1.29, 1.82) is 0 Å². The Morgan fingerprint density at radius 3 is 2.55 bits per heavy atom. The first kappa shape index (κ1) is 15.3. The second-order valence-corrected chi connectivity index (χ2v) is 6.85. The van der Waals surface area contributed by atoms with Gasteiger partial charge in [0, 0.05) is 12.0 Å². The molecule has 2 fully saturated rings. The van der Waals surface area contributed by atoms with Crippen LogP contribution in [0.5, 0.6) is 0 Å². The maximum atomic E-state index is 11.8. The molecule has 1 aromatic rings. The van der Waals surface area contributed by atoms with E-state index >= 15 is 0 Å². The third-order valence-corrected chi connectivity index (χ3v) is 4.83. The van der Waals surface area contributed by atoms with E-state index in [1.54, 1.807) is 12.1 Å². The quantitative estimate of drug-likeness (QED) is 0.783. The van der Waals surface area contributed by atoms with Crippen LogP contribution in [0.3, 0.4) is 0 Å². The lowest BCUT2D eigenvalue weighted by Gasteiger charge is -2.11. The number of aromatic nitrogens is 2. The molecule has 0 spiro atoms. The van der Waals surface area contributed by atoms with Gasteiger partial charge >= 0.3 is 0 Å². The van der Waals surface area contributed by atoms with Crippen molar-refractivity contribution in [3.05, 3.63) is 12.1 Å². The van der Waals surface area contributed by atoms with Crippen LogP contribution in [0.15, 0.2) is 17.2 Å². The first-order valence-corrected chi connectivity index (χ1v) is 8.76. The zero-order chi connectivity index (χ0) is 15.4. The largest absolute Gasteiger partial charge is 0.353 e. The smallest absolute Gasteiger partial charge is 0.230 e. The van der Waals surface area contributed by atoms with Crippen LogP contribution in [-0.2, 0) is 9.59 Å². The highest BCUT2D eigenvalue weighted by molar-refractivity contribution is 7.99. The van der Waals surface area contributed by atoms with Crippen LogP contribution in [0.2, 0.25) is 0 Å². The number of hydrogen-bond donors (Lipinski definition) is 2. The fourth-order valence-corrected chi connectivity index (χ4v) is 3.14. The Labute approximate surface area is 133 Å². The third-order valence-electron chi connectivity index (χ3n) is 3.91. The van der Waals surface area contributed by atoms with Crippen molar-refractivity contribution in [2.45, 2.75) is 49.6 Å². The number of nitrogens with zero attached hydrogens (tertiary/aromatic N) is 2. The van der Waals surface area contributed by atoms with E-state index in [0.717, 1.165) is 25.7 Å². The Hall–Kier alpha value is -1.63. The van der Waals surface area contributed by atoms with E-state index in [0.29, 0.717) is 22.6 Å². The number of amides is 2. The maximum Gasteiger partial charge on any atom is 0.230 e. The maximum absolute atomic E-state index is 11.8. The molecule has 3 rings (SSSR count). The molecule has 2 N–H and O–H groups in total. The average molecular weight is 320 g/mol. The molecule has 0 unspecified atom stereocenters. The van der Waals surface area contributed by atoms with Crippen LogP contribution in [0.4, 0.5) is 5.82 Å². The summed E-state index contributed by atoms with van der Waals surface area (Å²) >= 11 is 1.36. The number of anilines is 1. The zero-order valence-corrected chi connectivity index (χ0v) is 13.2. The van der Waals surface area contributed by atoms with Crippen molar-refractivity contribution in [3.8, 4) is 0 Å². The Balaban J connectivity index is 1.42. The van der Waals surface area contributed by atoms with Gasteiger partial charge in [0.25, 0.3) is 0 Å². The number of carbonyl (C=O) groups is 2. The first-order chi connectivity index (χ1) is 10.7. The molecule has 1 heterocycles. The topological polar surface area (TPSA) is 84.0 Å². The van der Waals surface area contributed by atoms with Gasteiger partial charge in [0.05, 0.1) is 5.75 Å². The summed E-state index contributed by atoms with van der Waals surface area (Å²) in [7, 11) is 0. The van der Waals surface area contributed by atoms with Crippen molar-refractivity contribution < 1.29 is 9.59 Å². The van der Waals surface area contributed by atoms with Gasteiger partial charge in [-0.05, 0) is 37.8 Å². The zero-order valence-electron chi connectivity index (χ0n) is 12.4. The van der Waals surface area contributed by atoms with Gasteiger partial charge in [-0.1, -0.05) is 24.6 Å². The highest BCUT2D eigenvalue weighted by Crippen LogP contribution is 2.30. The molecule has 0 aromatic carbocycles. The second kappa shape index (κ2) is 7.09. The standard InChI is InChI=1S/C15H20N4O2S/c20-13(16-11-3-1-2-4-11)9-22-14-8-7-12(18-19-14)17-15(21)10-5-6-10/h7-8,10-11H,1-6,9H2,(H,16,20)(H,17,18,21). The fraction of sp³-hybridized carbons (Fsp3) is 0.600. The molecular weight excluding hydrogens is 300 g/mol. The van der Waals surface area contributed by atoms with Crippen molar-refractivity contribution in [2.75, 3.05) is 11.1 Å².